The first-order valence-corrected chi connectivity index (χ1v) is 12.8. The van der Waals surface area contributed by atoms with Crippen molar-refractivity contribution in [2.75, 3.05) is 17.7 Å². The summed E-state index contributed by atoms with van der Waals surface area (Å²) in [4.78, 5) is 16.5. The molecule has 5 nitrogen and oxygen atoms in total. The first kappa shape index (κ1) is 22.1. The summed E-state index contributed by atoms with van der Waals surface area (Å²) >= 11 is 0. The zero-order chi connectivity index (χ0) is 24.0. The number of ether oxygens (including phenoxy) is 1. The van der Waals surface area contributed by atoms with Crippen molar-refractivity contribution in [2.24, 2.45) is 17.8 Å². The van der Waals surface area contributed by atoms with Crippen LogP contribution in [0.25, 0.3) is 0 Å². The predicted octanol–water partition coefficient (Wildman–Crippen LogP) is 7.13. The van der Waals surface area contributed by atoms with Crippen LogP contribution >= 0.6 is 0 Å². The van der Waals surface area contributed by atoms with Crippen LogP contribution in [0.3, 0.4) is 0 Å². The molecule has 7 rings (SSSR count). The summed E-state index contributed by atoms with van der Waals surface area (Å²) in [7, 11) is 1.38. The molecule has 4 bridgehead atoms. The van der Waals surface area contributed by atoms with Gasteiger partial charge in [0.05, 0.1) is 7.11 Å². The number of aryl methyl sites for hydroxylation is 1. The highest BCUT2D eigenvalue weighted by Crippen LogP contribution is 2.60. The van der Waals surface area contributed by atoms with Crippen LogP contribution in [0.15, 0.2) is 60.8 Å². The van der Waals surface area contributed by atoms with Crippen LogP contribution in [-0.2, 0) is 10.2 Å². The molecule has 4 aliphatic carbocycles. The lowest BCUT2D eigenvalue weighted by atomic mass is 9.48. The lowest BCUT2D eigenvalue weighted by molar-refractivity contribution is -0.00518. The van der Waals surface area contributed by atoms with E-state index in [4.69, 9.17) is 4.74 Å². The van der Waals surface area contributed by atoms with E-state index in [2.05, 4.69) is 52.9 Å². The van der Waals surface area contributed by atoms with Crippen molar-refractivity contribution < 1.29 is 9.53 Å². The summed E-state index contributed by atoms with van der Waals surface area (Å²) in [5.41, 5.74) is 6.42. The Kier molecular flexibility index (Phi) is 5.51. The molecular weight excluding hydrogens is 434 g/mol. The van der Waals surface area contributed by atoms with Gasteiger partial charge in [-0.1, -0.05) is 12.1 Å². The molecule has 4 fully saturated rings. The third-order valence-corrected chi connectivity index (χ3v) is 8.38. The zero-order valence-electron chi connectivity index (χ0n) is 20.5. The highest BCUT2D eigenvalue weighted by Gasteiger charge is 2.51. The van der Waals surface area contributed by atoms with Crippen molar-refractivity contribution >= 4 is 28.8 Å². The van der Waals surface area contributed by atoms with Gasteiger partial charge < -0.3 is 15.4 Å². The van der Waals surface area contributed by atoms with Gasteiger partial charge >= 0.3 is 5.97 Å². The number of aromatic nitrogens is 1. The maximum absolute atomic E-state index is 12.1. The quantitative estimate of drug-likeness (QED) is 0.378. The van der Waals surface area contributed by atoms with Crippen molar-refractivity contribution in [3.63, 3.8) is 0 Å². The fourth-order valence-electron chi connectivity index (χ4n) is 7.38. The zero-order valence-corrected chi connectivity index (χ0v) is 20.5. The van der Waals surface area contributed by atoms with Crippen LogP contribution in [-0.4, -0.2) is 18.1 Å². The number of pyridine rings is 1. The Labute approximate surface area is 207 Å². The lowest BCUT2D eigenvalue weighted by Gasteiger charge is -2.57. The molecule has 4 aliphatic rings. The van der Waals surface area contributed by atoms with E-state index in [1.54, 1.807) is 23.9 Å². The molecule has 0 atom stereocenters. The minimum Gasteiger partial charge on any atom is -0.465 e. The van der Waals surface area contributed by atoms with Gasteiger partial charge in [-0.15, -0.1) is 0 Å². The normalized spacial score (nSPS) is 26.4. The largest absolute Gasteiger partial charge is 0.465 e. The molecular formula is C30H33N3O2. The van der Waals surface area contributed by atoms with Crippen LogP contribution in [0.4, 0.5) is 22.9 Å². The standard InChI is InChI=1S/C30H33N3O2/c1-19-10-25(15-26(11-19)33-28-27(29(34)35-2)4-3-9-31-28)32-24-7-5-23(6-8-24)30-16-20-12-21(17-30)14-22(13-20)18-30/h3-11,15,20-22,32H,12-14,16-18H2,1-2H3,(H,31,33). The Morgan fingerprint density at radius 1 is 0.886 bits per heavy atom. The van der Waals surface area contributed by atoms with Crippen LogP contribution < -0.4 is 10.6 Å². The third kappa shape index (κ3) is 4.29. The summed E-state index contributed by atoms with van der Waals surface area (Å²) in [5, 5.41) is 6.85. The van der Waals surface area contributed by atoms with Gasteiger partial charge in [-0.3, -0.25) is 0 Å². The Balaban J connectivity index is 1.20. The van der Waals surface area contributed by atoms with Crippen LogP contribution in [0.1, 0.15) is 60.0 Å². The number of esters is 1. The minimum atomic E-state index is -0.411. The molecule has 2 aromatic carbocycles. The highest BCUT2D eigenvalue weighted by atomic mass is 16.5. The van der Waals surface area contributed by atoms with Gasteiger partial charge in [-0.05, 0) is 122 Å². The predicted molar refractivity (Wildman–Crippen MR) is 140 cm³/mol. The van der Waals surface area contributed by atoms with Crippen molar-refractivity contribution in [1.82, 2.24) is 4.98 Å². The smallest absolute Gasteiger partial charge is 0.341 e. The average Bonchev–Trinajstić information content (AvgIpc) is 2.83. The molecule has 1 aromatic heterocycles. The molecule has 0 spiro atoms. The number of anilines is 4. The fourth-order valence-corrected chi connectivity index (χ4v) is 7.38. The second-order valence-corrected chi connectivity index (χ2v) is 11.0. The SMILES string of the molecule is COC(=O)c1cccnc1Nc1cc(C)cc(Nc2ccc(C34CC5CC(CC(C5)C3)C4)cc2)c1. The number of benzene rings is 2. The van der Waals surface area contributed by atoms with Crippen molar-refractivity contribution in [2.45, 2.75) is 50.9 Å². The molecule has 35 heavy (non-hydrogen) atoms. The number of nitrogens with zero attached hydrogens (tertiary/aromatic N) is 1. The van der Waals surface area contributed by atoms with Crippen LogP contribution in [0.5, 0.6) is 0 Å². The van der Waals surface area contributed by atoms with E-state index in [-0.39, 0.29) is 0 Å². The maximum atomic E-state index is 12.1. The molecule has 3 aromatic rings. The topological polar surface area (TPSA) is 63.2 Å². The molecule has 180 valence electrons. The van der Waals surface area contributed by atoms with E-state index in [0.717, 1.165) is 40.4 Å². The number of hydrogen-bond acceptors (Lipinski definition) is 5. The van der Waals surface area contributed by atoms with Gasteiger partial charge in [0.1, 0.15) is 11.4 Å². The van der Waals surface area contributed by atoms with E-state index in [1.807, 2.05) is 12.1 Å². The number of carbonyl (C=O) groups excluding carboxylic acids is 1. The number of carbonyl (C=O) groups is 1. The van der Waals surface area contributed by atoms with Gasteiger partial charge in [-0.2, -0.15) is 0 Å². The Morgan fingerprint density at radius 3 is 2.14 bits per heavy atom. The fraction of sp³-hybridized carbons (Fsp3) is 0.400. The van der Waals surface area contributed by atoms with Crippen molar-refractivity contribution in [1.29, 1.82) is 0 Å². The number of methoxy groups -OCH3 is 1. The first-order valence-electron chi connectivity index (χ1n) is 12.8. The Morgan fingerprint density at radius 2 is 1.51 bits per heavy atom. The molecule has 4 saturated carbocycles. The molecule has 5 heteroatoms. The number of rotatable bonds is 6. The van der Waals surface area contributed by atoms with Gasteiger partial charge in [0, 0.05) is 23.3 Å². The second kappa shape index (κ2) is 8.71. The molecule has 0 aliphatic heterocycles. The second-order valence-electron chi connectivity index (χ2n) is 11.0. The molecule has 1 heterocycles. The van der Waals surface area contributed by atoms with Gasteiger partial charge in [-0.25, -0.2) is 9.78 Å². The van der Waals surface area contributed by atoms with E-state index in [1.165, 1.54) is 45.6 Å². The van der Waals surface area contributed by atoms with Crippen molar-refractivity contribution in [3.8, 4) is 0 Å². The molecule has 0 amide bonds. The minimum absolute atomic E-state index is 0.409. The summed E-state index contributed by atoms with van der Waals surface area (Å²) in [5.74, 6) is 2.93. The summed E-state index contributed by atoms with van der Waals surface area (Å²) in [6.07, 6.45) is 10.3. The Bertz CT molecular complexity index is 1220. The van der Waals surface area contributed by atoms with E-state index in [0.29, 0.717) is 16.8 Å². The third-order valence-electron chi connectivity index (χ3n) is 8.38. The van der Waals surface area contributed by atoms with E-state index < -0.39 is 5.97 Å². The van der Waals surface area contributed by atoms with Gasteiger partial charge in [0.15, 0.2) is 0 Å². The monoisotopic (exact) mass is 467 g/mol. The first-order chi connectivity index (χ1) is 17.0. The Hall–Kier alpha value is -3.34. The number of nitrogens with one attached hydrogen (secondary N) is 2. The van der Waals surface area contributed by atoms with E-state index >= 15 is 0 Å². The average molecular weight is 468 g/mol. The maximum Gasteiger partial charge on any atom is 0.341 e. The molecule has 2 N–H and O–H groups in total. The van der Waals surface area contributed by atoms with Gasteiger partial charge in [0.2, 0.25) is 0 Å². The lowest BCUT2D eigenvalue weighted by Crippen LogP contribution is -2.48. The van der Waals surface area contributed by atoms with Gasteiger partial charge in [0.25, 0.3) is 0 Å². The van der Waals surface area contributed by atoms with E-state index in [9.17, 15) is 4.79 Å². The van der Waals surface area contributed by atoms with Crippen LogP contribution in [0.2, 0.25) is 0 Å². The van der Waals surface area contributed by atoms with Crippen molar-refractivity contribution in [3.05, 3.63) is 77.5 Å². The highest BCUT2D eigenvalue weighted by molar-refractivity contribution is 5.95. The molecule has 0 saturated heterocycles. The molecule has 0 radical (unpaired) electrons. The number of hydrogen-bond donors (Lipinski definition) is 2. The summed E-state index contributed by atoms with van der Waals surface area (Å²) < 4.78 is 4.90. The summed E-state index contributed by atoms with van der Waals surface area (Å²) in [6.45, 7) is 2.06. The molecule has 0 unspecified atom stereocenters. The van der Waals surface area contributed by atoms with Crippen LogP contribution in [0, 0.1) is 24.7 Å². The summed E-state index contributed by atoms with van der Waals surface area (Å²) in [6, 6.07) is 18.8.